The van der Waals surface area contributed by atoms with Crippen LogP contribution in [0.25, 0.3) is 5.57 Å². The van der Waals surface area contributed by atoms with Gasteiger partial charge < -0.3 is 0 Å². The van der Waals surface area contributed by atoms with Gasteiger partial charge in [-0.3, -0.25) is 0 Å². The first-order valence-electron chi connectivity index (χ1n) is 5.14. The van der Waals surface area contributed by atoms with Gasteiger partial charge in [0.25, 0.3) is 0 Å². The average molecular weight is 188 g/mol. The quantitative estimate of drug-likeness (QED) is 0.643. The van der Waals surface area contributed by atoms with Gasteiger partial charge in [-0.2, -0.15) is 0 Å². The standard InChI is InChI=1S/C14H20/c1-11-8-6-7-9-13(11)12(2)10-14(3,4)5/h6-9H,2,10H2,1,3-5H3. The van der Waals surface area contributed by atoms with Gasteiger partial charge in [-0.1, -0.05) is 51.6 Å². The Labute approximate surface area is 87.7 Å². The second-order valence-corrected chi connectivity index (χ2v) is 5.16. The lowest BCUT2D eigenvalue weighted by atomic mass is 9.85. The minimum Gasteiger partial charge on any atom is -0.0952 e. The van der Waals surface area contributed by atoms with Crippen molar-refractivity contribution < 1.29 is 0 Å². The lowest BCUT2D eigenvalue weighted by molar-refractivity contribution is 0.427. The molecule has 0 saturated carbocycles. The maximum atomic E-state index is 4.17. The van der Waals surface area contributed by atoms with Crippen molar-refractivity contribution in [3.8, 4) is 0 Å². The molecule has 0 aliphatic carbocycles. The average Bonchev–Trinajstić information content (AvgIpc) is 2.01. The van der Waals surface area contributed by atoms with Gasteiger partial charge in [-0.15, -0.1) is 0 Å². The minimum absolute atomic E-state index is 0.319. The van der Waals surface area contributed by atoms with E-state index >= 15 is 0 Å². The highest BCUT2D eigenvalue weighted by molar-refractivity contribution is 5.66. The Kier molecular flexibility index (Phi) is 3.15. The number of hydrogen-bond acceptors (Lipinski definition) is 0. The van der Waals surface area contributed by atoms with Gasteiger partial charge >= 0.3 is 0 Å². The molecule has 0 aliphatic heterocycles. The van der Waals surface area contributed by atoms with E-state index < -0.39 is 0 Å². The first-order valence-corrected chi connectivity index (χ1v) is 5.14. The van der Waals surface area contributed by atoms with Crippen LogP contribution in [0.4, 0.5) is 0 Å². The summed E-state index contributed by atoms with van der Waals surface area (Å²) >= 11 is 0. The topological polar surface area (TPSA) is 0 Å². The Morgan fingerprint density at radius 1 is 1.21 bits per heavy atom. The van der Waals surface area contributed by atoms with Crippen molar-refractivity contribution in [1.82, 2.24) is 0 Å². The molecule has 0 spiro atoms. The molecule has 1 rings (SSSR count). The second kappa shape index (κ2) is 4.00. The Morgan fingerprint density at radius 2 is 1.79 bits per heavy atom. The fourth-order valence-electron chi connectivity index (χ4n) is 1.70. The highest BCUT2D eigenvalue weighted by Crippen LogP contribution is 2.30. The van der Waals surface area contributed by atoms with Crippen molar-refractivity contribution in [2.24, 2.45) is 5.41 Å². The van der Waals surface area contributed by atoms with E-state index in [0.29, 0.717) is 5.41 Å². The van der Waals surface area contributed by atoms with Crippen LogP contribution >= 0.6 is 0 Å². The molecule has 0 atom stereocenters. The van der Waals surface area contributed by atoms with Gasteiger partial charge in [0.1, 0.15) is 0 Å². The summed E-state index contributed by atoms with van der Waals surface area (Å²) in [5.74, 6) is 0. The molecule has 0 aromatic heterocycles. The molecule has 0 aliphatic rings. The largest absolute Gasteiger partial charge is 0.0952 e. The zero-order chi connectivity index (χ0) is 10.8. The summed E-state index contributed by atoms with van der Waals surface area (Å²) in [4.78, 5) is 0. The van der Waals surface area contributed by atoms with Crippen LogP contribution in [-0.2, 0) is 0 Å². The zero-order valence-electron chi connectivity index (χ0n) is 9.72. The molecule has 76 valence electrons. The summed E-state index contributed by atoms with van der Waals surface area (Å²) in [5, 5.41) is 0. The third-order valence-electron chi connectivity index (χ3n) is 2.27. The third-order valence-corrected chi connectivity index (χ3v) is 2.27. The molecule has 0 heteroatoms. The molecule has 14 heavy (non-hydrogen) atoms. The predicted octanol–water partition coefficient (Wildman–Crippen LogP) is 4.44. The maximum absolute atomic E-state index is 4.17. The molecule has 0 saturated heterocycles. The van der Waals surface area contributed by atoms with Crippen molar-refractivity contribution in [1.29, 1.82) is 0 Å². The molecule has 0 heterocycles. The van der Waals surface area contributed by atoms with Crippen molar-refractivity contribution >= 4 is 5.57 Å². The fraction of sp³-hybridized carbons (Fsp3) is 0.429. The minimum atomic E-state index is 0.319. The van der Waals surface area contributed by atoms with E-state index in [1.54, 1.807) is 0 Å². The molecular weight excluding hydrogens is 168 g/mol. The van der Waals surface area contributed by atoms with Gasteiger partial charge in [-0.05, 0) is 35.5 Å². The van der Waals surface area contributed by atoms with Crippen molar-refractivity contribution in [3.63, 3.8) is 0 Å². The summed E-state index contributed by atoms with van der Waals surface area (Å²) in [7, 11) is 0. The van der Waals surface area contributed by atoms with Gasteiger partial charge in [-0.25, -0.2) is 0 Å². The van der Waals surface area contributed by atoms with Crippen LogP contribution in [0.3, 0.4) is 0 Å². The first kappa shape index (κ1) is 11.0. The lowest BCUT2D eigenvalue weighted by Gasteiger charge is -2.20. The Hall–Kier alpha value is -1.04. The SMILES string of the molecule is C=C(CC(C)(C)C)c1ccccc1C. The van der Waals surface area contributed by atoms with Crippen LogP contribution in [0.1, 0.15) is 38.3 Å². The third kappa shape index (κ3) is 3.02. The fourth-order valence-corrected chi connectivity index (χ4v) is 1.70. The lowest BCUT2D eigenvalue weighted by Crippen LogP contribution is -2.05. The van der Waals surface area contributed by atoms with E-state index in [9.17, 15) is 0 Å². The van der Waals surface area contributed by atoms with Crippen LogP contribution in [0, 0.1) is 12.3 Å². The summed E-state index contributed by atoms with van der Waals surface area (Å²) in [6.45, 7) is 13.1. The molecule has 0 nitrogen and oxygen atoms in total. The molecule has 0 bridgehead atoms. The summed E-state index contributed by atoms with van der Waals surface area (Å²) in [5.41, 5.74) is 4.19. The van der Waals surface area contributed by atoms with Crippen LogP contribution in [0.2, 0.25) is 0 Å². The van der Waals surface area contributed by atoms with Crippen LogP contribution in [0.5, 0.6) is 0 Å². The van der Waals surface area contributed by atoms with Crippen LogP contribution in [0.15, 0.2) is 30.8 Å². The molecular formula is C14H20. The van der Waals surface area contributed by atoms with E-state index in [1.165, 1.54) is 16.7 Å². The highest BCUT2D eigenvalue weighted by Gasteiger charge is 2.13. The summed E-state index contributed by atoms with van der Waals surface area (Å²) < 4.78 is 0. The zero-order valence-corrected chi connectivity index (χ0v) is 9.72. The van der Waals surface area contributed by atoms with E-state index in [2.05, 4.69) is 58.5 Å². The Morgan fingerprint density at radius 3 is 2.29 bits per heavy atom. The molecule has 0 amide bonds. The summed E-state index contributed by atoms with van der Waals surface area (Å²) in [6, 6.07) is 8.45. The monoisotopic (exact) mass is 188 g/mol. The van der Waals surface area contributed by atoms with E-state index in [1.807, 2.05) is 0 Å². The van der Waals surface area contributed by atoms with Crippen LogP contribution in [-0.4, -0.2) is 0 Å². The molecule has 1 aromatic rings. The van der Waals surface area contributed by atoms with E-state index in [-0.39, 0.29) is 0 Å². The predicted molar refractivity (Wildman–Crippen MR) is 64.3 cm³/mol. The van der Waals surface area contributed by atoms with Gasteiger partial charge in [0, 0.05) is 0 Å². The molecule has 0 N–H and O–H groups in total. The number of hydrogen-bond donors (Lipinski definition) is 0. The Balaban J connectivity index is 2.86. The Bertz CT molecular complexity index is 326. The number of rotatable bonds is 2. The smallest absolute Gasteiger partial charge is 0.0201 e. The number of benzene rings is 1. The van der Waals surface area contributed by atoms with E-state index in [0.717, 1.165) is 6.42 Å². The van der Waals surface area contributed by atoms with Crippen molar-refractivity contribution in [3.05, 3.63) is 42.0 Å². The van der Waals surface area contributed by atoms with Gasteiger partial charge in [0.15, 0.2) is 0 Å². The van der Waals surface area contributed by atoms with Gasteiger partial charge in [0.05, 0.1) is 0 Å². The molecule has 0 unspecified atom stereocenters. The van der Waals surface area contributed by atoms with Gasteiger partial charge in [0.2, 0.25) is 0 Å². The maximum Gasteiger partial charge on any atom is -0.0201 e. The number of aryl methyl sites for hydroxylation is 1. The van der Waals surface area contributed by atoms with Crippen LogP contribution < -0.4 is 0 Å². The van der Waals surface area contributed by atoms with Crippen molar-refractivity contribution in [2.75, 3.05) is 0 Å². The second-order valence-electron chi connectivity index (χ2n) is 5.16. The highest BCUT2D eigenvalue weighted by atomic mass is 14.2. The summed E-state index contributed by atoms with van der Waals surface area (Å²) in [6.07, 6.45) is 1.05. The molecule has 0 radical (unpaired) electrons. The van der Waals surface area contributed by atoms with Crippen molar-refractivity contribution in [2.45, 2.75) is 34.1 Å². The normalized spacial score (nSPS) is 11.4. The first-order chi connectivity index (χ1) is 6.40. The molecule has 0 fully saturated rings. The van der Waals surface area contributed by atoms with E-state index in [4.69, 9.17) is 0 Å². The number of allylic oxidation sites excluding steroid dienone is 1. The molecule has 1 aromatic carbocycles.